The van der Waals surface area contributed by atoms with E-state index in [1.54, 1.807) is 0 Å². The molecule has 0 radical (unpaired) electrons. The first-order chi connectivity index (χ1) is 6.72. The monoisotopic (exact) mass is 197 g/mol. The van der Waals surface area contributed by atoms with Gasteiger partial charge < -0.3 is 10.1 Å². The van der Waals surface area contributed by atoms with Crippen LogP contribution in [0.25, 0.3) is 0 Å². The Bertz CT molecular complexity index is 258. The molecule has 0 heterocycles. The number of nitrogens with one attached hydrogen (secondary N) is 1. The second-order valence-electron chi connectivity index (χ2n) is 3.31. The van der Waals surface area contributed by atoms with E-state index in [0.717, 1.165) is 11.4 Å². The van der Waals surface area contributed by atoms with Crippen molar-refractivity contribution in [3.05, 3.63) is 24.3 Å². The summed E-state index contributed by atoms with van der Waals surface area (Å²) in [6, 6.07) is 7.52. The molecule has 0 aliphatic rings. The van der Waals surface area contributed by atoms with Gasteiger partial charge in [-0.3, -0.25) is 0 Å². The van der Waals surface area contributed by atoms with E-state index in [0.29, 0.717) is 6.54 Å². The Balaban J connectivity index is 2.50. The molecule has 1 aromatic rings. The minimum atomic E-state index is -0.357. The zero-order valence-electron chi connectivity index (χ0n) is 8.59. The van der Waals surface area contributed by atoms with Crippen LogP contribution in [0.1, 0.15) is 13.8 Å². The average Bonchev–Trinajstić information content (AvgIpc) is 2.16. The highest BCUT2D eigenvalue weighted by molar-refractivity contribution is 5.46. The van der Waals surface area contributed by atoms with E-state index in [1.807, 2.05) is 38.1 Å². The molecule has 1 aromatic carbocycles. The second-order valence-corrected chi connectivity index (χ2v) is 3.31. The van der Waals surface area contributed by atoms with Crippen LogP contribution in [0.2, 0.25) is 0 Å². The molecule has 3 heteroatoms. The summed E-state index contributed by atoms with van der Waals surface area (Å²) in [5, 5.41) is 2.94. The number of hydrogen-bond acceptors (Lipinski definition) is 2. The van der Waals surface area contributed by atoms with Crippen LogP contribution >= 0.6 is 0 Å². The maximum absolute atomic E-state index is 11.8. The summed E-state index contributed by atoms with van der Waals surface area (Å²) in [4.78, 5) is 0. The van der Waals surface area contributed by atoms with Gasteiger partial charge in [0.25, 0.3) is 0 Å². The molecule has 1 N–H and O–H groups in total. The molecule has 0 unspecified atom stereocenters. The predicted molar refractivity (Wildman–Crippen MR) is 56.7 cm³/mol. The molecule has 0 aliphatic heterocycles. The van der Waals surface area contributed by atoms with Gasteiger partial charge in [0.2, 0.25) is 0 Å². The third kappa shape index (κ3) is 3.64. The summed E-state index contributed by atoms with van der Waals surface area (Å²) < 4.78 is 17.3. The van der Waals surface area contributed by atoms with E-state index in [1.165, 1.54) is 0 Å². The van der Waals surface area contributed by atoms with Crippen LogP contribution in [-0.4, -0.2) is 19.3 Å². The summed E-state index contributed by atoms with van der Waals surface area (Å²) in [6.07, 6.45) is 0.180. The lowest BCUT2D eigenvalue weighted by molar-refractivity contribution is 0.242. The molecule has 1 rings (SSSR count). The van der Waals surface area contributed by atoms with E-state index in [9.17, 15) is 4.39 Å². The van der Waals surface area contributed by atoms with E-state index in [4.69, 9.17) is 4.74 Å². The van der Waals surface area contributed by atoms with Gasteiger partial charge in [-0.2, -0.15) is 0 Å². The molecule has 0 amide bonds. The average molecular weight is 197 g/mol. The van der Waals surface area contributed by atoms with Crippen molar-refractivity contribution < 1.29 is 9.13 Å². The van der Waals surface area contributed by atoms with Gasteiger partial charge in [0.1, 0.15) is 12.4 Å². The number of anilines is 1. The number of rotatable bonds is 5. The van der Waals surface area contributed by atoms with Crippen LogP contribution in [0.5, 0.6) is 5.75 Å². The first kappa shape index (κ1) is 10.8. The van der Waals surface area contributed by atoms with Crippen molar-refractivity contribution in [2.45, 2.75) is 20.0 Å². The summed E-state index contributed by atoms with van der Waals surface area (Å²) in [5.74, 6) is 0.839. The smallest absolute Gasteiger partial charge is 0.119 e. The molecular formula is C11H16FNO. The van der Waals surface area contributed by atoms with Crippen molar-refractivity contribution in [2.75, 3.05) is 18.5 Å². The van der Waals surface area contributed by atoms with Gasteiger partial charge >= 0.3 is 0 Å². The lowest BCUT2D eigenvalue weighted by Gasteiger charge is -2.10. The molecule has 0 aromatic heterocycles. The van der Waals surface area contributed by atoms with Crippen LogP contribution in [0.15, 0.2) is 24.3 Å². The highest BCUT2D eigenvalue weighted by Gasteiger charge is 1.97. The number of halogens is 1. The van der Waals surface area contributed by atoms with Gasteiger partial charge in [0, 0.05) is 12.2 Å². The molecule has 0 fully saturated rings. The Morgan fingerprint density at radius 2 is 1.93 bits per heavy atom. The van der Waals surface area contributed by atoms with E-state index in [2.05, 4.69) is 5.32 Å². The van der Waals surface area contributed by atoms with Crippen LogP contribution in [0, 0.1) is 0 Å². The zero-order valence-corrected chi connectivity index (χ0v) is 8.59. The number of benzene rings is 1. The maximum Gasteiger partial charge on any atom is 0.119 e. The minimum absolute atomic E-state index is 0.180. The summed E-state index contributed by atoms with van der Waals surface area (Å²) >= 11 is 0. The second kappa shape index (κ2) is 5.47. The summed E-state index contributed by atoms with van der Waals surface area (Å²) in [7, 11) is 0. The van der Waals surface area contributed by atoms with Crippen molar-refractivity contribution in [3.8, 4) is 5.75 Å². The minimum Gasteiger partial charge on any atom is -0.491 e. The largest absolute Gasteiger partial charge is 0.491 e. The molecule has 0 atom stereocenters. The SMILES string of the molecule is CC(C)Oc1ccc(NCCF)cc1. The Morgan fingerprint density at radius 3 is 2.43 bits per heavy atom. The fourth-order valence-corrected chi connectivity index (χ4v) is 1.12. The first-order valence-corrected chi connectivity index (χ1v) is 4.79. The van der Waals surface area contributed by atoms with Crippen molar-refractivity contribution in [1.82, 2.24) is 0 Å². The quantitative estimate of drug-likeness (QED) is 0.783. The number of alkyl halides is 1. The van der Waals surface area contributed by atoms with Gasteiger partial charge in [0.15, 0.2) is 0 Å². The summed E-state index contributed by atoms with van der Waals surface area (Å²) in [6.45, 7) is 3.96. The topological polar surface area (TPSA) is 21.3 Å². The van der Waals surface area contributed by atoms with Crippen molar-refractivity contribution in [3.63, 3.8) is 0 Å². The van der Waals surface area contributed by atoms with E-state index in [-0.39, 0.29) is 12.8 Å². The van der Waals surface area contributed by atoms with Crippen LogP contribution in [0.4, 0.5) is 10.1 Å². The van der Waals surface area contributed by atoms with Crippen LogP contribution in [-0.2, 0) is 0 Å². The molecule has 78 valence electrons. The maximum atomic E-state index is 11.8. The van der Waals surface area contributed by atoms with Gasteiger partial charge in [-0.05, 0) is 38.1 Å². The third-order valence-electron chi connectivity index (χ3n) is 1.65. The molecule has 0 bridgehead atoms. The molecule has 0 aliphatic carbocycles. The Labute approximate surface area is 84.1 Å². The Kier molecular flexibility index (Phi) is 4.23. The van der Waals surface area contributed by atoms with Crippen LogP contribution < -0.4 is 10.1 Å². The molecule has 0 saturated carbocycles. The molecule has 2 nitrogen and oxygen atoms in total. The summed E-state index contributed by atoms with van der Waals surface area (Å²) in [5.41, 5.74) is 0.916. The zero-order chi connectivity index (χ0) is 10.4. The molecular weight excluding hydrogens is 181 g/mol. The number of ether oxygens (including phenoxy) is 1. The molecule has 14 heavy (non-hydrogen) atoms. The highest BCUT2D eigenvalue weighted by Crippen LogP contribution is 2.16. The predicted octanol–water partition coefficient (Wildman–Crippen LogP) is 2.86. The lowest BCUT2D eigenvalue weighted by Crippen LogP contribution is -2.06. The fourth-order valence-electron chi connectivity index (χ4n) is 1.12. The third-order valence-corrected chi connectivity index (χ3v) is 1.65. The molecule has 0 spiro atoms. The first-order valence-electron chi connectivity index (χ1n) is 4.79. The van der Waals surface area contributed by atoms with Crippen molar-refractivity contribution >= 4 is 5.69 Å². The van der Waals surface area contributed by atoms with Gasteiger partial charge in [-0.1, -0.05) is 0 Å². The Morgan fingerprint density at radius 1 is 1.29 bits per heavy atom. The highest BCUT2D eigenvalue weighted by atomic mass is 19.1. The van der Waals surface area contributed by atoms with Gasteiger partial charge in [-0.15, -0.1) is 0 Å². The normalized spacial score (nSPS) is 10.3. The van der Waals surface area contributed by atoms with E-state index < -0.39 is 0 Å². The van der Waals surface area contributed by atoms with Crippen molar-refractivity contribution in [2.24, 2.45) is 0 Å². The van der Waals surface area contributed by atoms with Crippen LogP contribution in [0.3, 0.4) is 0 Å². The van der Waals surface area contributed by atoms with E-state index >= 15 is 0 Å². The van der Waals surface area contributed by atoms with Crippen molar-refractivity contribution in [1.29, 1.82) is 0 Å². The standard InChI is InChI=1S/C11H16FNO/c1-9(2)14-11-5-3-10(4-6-11)13-8-7-12/h3-6,9,13H,7-8H2,1-2H3. The lowest BCUT2D eigenvalue weighted by atomic mass is 10.3. The number of hydrogen-bond donors (Lipinski definition) is 1. The van der Waals surface area contributed by atoms with Gasteiger partial charge in [0.05, 0.1) is 6.10 Å². The Hall–Kier alpha value is -1.25. The molecule has 0 saturated heterocycles. The fraction of sp³-hybridized carbons (Fsp3) is 0.455. The van der Waals surface area contributed by atoms with Gasteiger partial charge in [-0.25, -0.2) is 4.39 Å².